The quantitative estimate of drug-likeness (QED) is 0.660. The van der Waals surface area contributed by atoms with Crippen molar-refractivity contribution in [3.05, 3.63) is 12.7 Å². The van der Waals surface area contributed by atoms with Gasteiger partial charge in [0.05, 0.1) is 19.0 Å². The van der Waals surface area contributed by atoms with Gasteiger partial charge < -0.3 is 20.3 Å². The molecular weight excluding hydrogens is 325 g/mol. The van der Waals surface area contributed by atoms with Gasteiger partial charge in [-0.1, -0.05) is 0 Å². The fourth-order valence-electron chi connectivity index (χ4n) is 2.86. The predicted octanol–water partition coefficient (Wildman–Crippen LogP) is 0.484. The summed E-state index contributed by atoms with van der Waals surface area (Å²) in [5.74, 6) is 0.0146. The summed E-state index contributed by atoms with van der Waals surface area (Å²) in [6.07, 6.45) is 3.34. The van der Waals surface area contributed by atoms with E-state index in [1.807, 2.05) is 4.57 Å². The lowest BCUT2D eigenvalue weighted by atomic mass is 10.1. The number of aliphatic hydroxyl groups excluding tert-OH is 1. The Bertz CT molecular complexity index is 753. The third-order valence-corrected chi connectivity index (χ3v) is 5.03. The number of aliphatic hydroxyl groups is 1. The summed E-state index contributed by atoms with van der Waals surface area (Å²) in [7, 11) is -2.95. The maximum Gasteiger partial charge on any atom is 0.471 e. The lowest BCUT2D eigenvalue weighted by Gasteiger charge is -2.16. The number of imidazole rings is 1. The molecule has 23 heavy (non-hydrogen) atoms. The van der Waals surface area contributed by atoms with E-state index in [0.29, 0.717) is 29.8 Å². The maximum atomic E-state index is 11.4. The molecule has 3 rings (SSSR count). The molecule has 1 aliphatic rings. The fourth-order valence-corrected chi connectivity index (χ4v) is 3.35. The summed E-state index contributed by atoms with van der Waals surface area (Å²) in [5.41, 5.74) is 6.88. The van der Waals surface area contributed by atoms with Gasteiger partial charge in [-0.05, 0) is 12.8 Å². The molecule has 2 heterocycles. The second kappa shape index (κ2) is 6.14. The Morgan fingerprint density at radius 1 is 1.43 bits per heavy atom. The number of nitrogens with zero attached hydrogens (tertiary/aromatic N) is 4. The van der Waals surface area contributed by atoms with E-state index in [1.54, 1.807) is 6.33 Å². The first-order chi connectivity index (χ1) is 10.9. The third-order valence-electron chi connectivity index (χ3n) is 4.10. The second-order valence-corrected chi connectivity index (χ2v) is 7.04. The van der Waals surface area contributed by atoms with Crippen molar-refractivity contribution >= 4 is 24.8 Å². The van der Waals surface area contributed by atoms with Crippen LogP contribution in [0.3, 0.4) is 0 Å². The molecule has 0 saturated heterocycles. The number of fused-ring (bicyclic) bond motifs is 1. The van der Waals surface area contributed by atoms with Crippen molar-refractivity contribution < 1.29 is 23.6 Å². The van der Waals surface area contributed by atoms with Gasteiger partial charge in [0.15, 0.2) is 11.5 Å². The van der Waals surface area contributed by atoms with E-state index in [4.69, 9.17) is 10.3 Å². The summed E-state index contributed by atoms with van der Waals surface area (Å²) < 4.78 is 22.4. The lowest BCUT2D eigenvalue weighted by molar-refractivity contribution is 0.0803. The third kappa shape index (κ3) is 3.22. The molecule has 1 aliphatic carbocycles. The van der Waals surface area contributed by atoms with Gasteiger partial charge in [-0.2, -0.15) is 0 Å². The van der Waals surface area contributed by atoms with Crippen LogP contribution in [-0.4, -0.2) is 49.3 Å². The molecule has 0 aromatic carbocycles. The number of phosphoric acid groups is 1. The SMILES string of the molecule is COP(=O)(O)OC[C@H]1C[C@@H](n2cnc3c(N)ncnc32)C[C@@H]1O. The van der Waals surface area contributed by atoms with Crippen LogP contribution in [0.2, 0.25) is 0 Å². The molecule has 2 aromatic heterocycles. The van der Waals surface area contributed by atoms with E-state index in [2.05, 4.69) is 19.5 Å². The van der Waals surface area contributed by atoms with Crippen LogP contribution in [0.15, 0.2) is 12.7 Å². The van der Waals surface area contributed by atoms with Crippen molar-refractivity contribution in [1.29, 1.82) is 0 Å². The predicted molar refractivity (Wildman–Crippen MR) is 80.3 cm³/mol. The molecule has 1 saturated carbocycles. The number of anilines is 1. The molecule has 11 heteroatoms. The Morgan fingerprint density at radius 2 is 2.22 bits per heavy atom. The van der Waals surface area contributed by atoms with Gasteiger partial charge in [0, 0.05) is 19.1 Å². The van der Waals surface area contributed by atoms with Crippen molar-refractivity contribution in [2.75, 3.05) is 19.5 Å². The first kappa shape index (κ1) is 16.3. The van der Waals surface area contributed by atoms with Gasteiger partial charge in [-0.3, -0.25) is 9.05 Å². The second-order valence-electron chi connectivity index (χ2n) is 5.48. The highest BCUT2D eigenvalue weighted by Crippen LogP contribution is 2.45. The smallest absolute Gasteiger partial charge is 0.393 e. The van der Waals surface area contributed by atoms with Crippen molar-refractivity contribution in [1.82, 2.24) is 19.5 Å². The van der Waals surface area contributed by atoms with Gasteiger partial charge in [0.25, 0.3) is 0 Å². The highest BCUT2D eigenvalue weighted by atomic mass is 31.2. The van der Waals surface area contributed by atoms with Crippen molar-refractivity contribution in [2.45, 2.75) is 25.0 Å². The van der Waals surface area contributed by atoms with E-state index in [9.17, 15) is 14.6 Å². The van der Waals surface area contributed by atoms with Crippen LogP contribution in [0.4, 0.5) is 5.82 Å². The molecule has 0 spiro atoms. The Balaban J connectivity index is 1.75. The zero-order valence-electron chi connectivity index (χ0n) is 12.4. The molecule has 2 aromatic rings. The Hall–Kier alpha value is -1.58. The number of hydrogen-bond acceptors (Lipinski definition) is 8. The fraction of sp³-hybridized carbons (Fsp3) is 0.583. The molecule has 0 bridgehead atoms. The molecule has 4 atom stereocenters. The summed E-state index contributed by atoms with van der Waals surface area (Å²) in [5, 5.41) is 10.2. The average Bonchev–Trinajstić information content (AvgIpc) is 3.10. The van der Waals surface area contributed by atoms with Crippen LogP contribution in [0.1, 0.15) is 18.9 Å². The van der Waals surface area contributed by atoms with Crippen molar-refractivity contribution in [2.24, 2.45) is 5.92 Å². The minimum Gasteiger partial charge on any atom is -0.393 e. The molecule has 0 aliphatic heterocycles. The van der Waals surface area contributed by atoms with Crippen LogP contribution in [-0.2, 0) is 13.6 Å². The zero-order chi connectivity index (χ0) is 16.6. The van der Waals surface area contributed by atoms with Gasteiger partial charge in [-0.15, -0.1) is 0 Å². The van der Waals surface area contributed by atoms with E-state index in [1.165, 1.54) is 6.33 Å². The van der Waals surface area contributed by atoms with E-state index < -0.39 is 13.9 Å². The van der Waals surface area contributed by atoms with Gasteiger partial charge >= 0.3 is 7.82 Å². The Morgan fingerprint density at radius 3 is 2.96 bits per heavy atom. The Labute approximate surface area is 131 Å². The van der Waals surface area contributed by atoms with Crippen molar-refractivity contribution in [3.8, 4) is 0 Å². The molecule has 4 N–H and O–H groups in total. The van der Waals surface area contributed by atoms with Crippen LogP contribution in [0, 0.1) is 5.92 Å². The first-order valence-electron chi connectivity index (χ1n) is 7.05. The normalized spacial score (nSPS) is 27.3. The molecule has 1 unspecified atom stereocenters. The van der Waals surface area contributed by atoms with Crippen molar-refractivity contribution in [3.63, 3.8) is 0 Å². The molecule has 0 amide bonds. The van der Waals surface area contributed by atoms with E-state index in [0.717, 1.165) is 7.11 Å². The summed E-state index contributed by atoms with van der Waals surface area (Å²) >= 11 is 0. The largest absolute Gasteiger partial charge is 0.471 e. The maximum absolute atomic E-state index is 11.4. The van der Waals surface area contributed by atoms with Crippen LogP contribution in [0.5, 0.6) is 0 Å². The van der Waals surface area contributed by atoms with Crippen LogP contribution < -0.4 is 5.73 Å². The highest BCUT2D eigenvalue weighted by molar-refractivity contribution is 7.47. The highest BCUT2D eigenvalue weighted by Gasteiger charge is 2.36. The minimum absolute atomic E-state index is 0.0569. The van der Waals surface area contributed by atoms with E-state index >= 15 is 0 Å². The number of phosphoric ester groups is 1. The summed E-state index contributed by atoms with van der Waals surface area (Å²) in [6.45, 7) is -0.0664. The molecule has 0 radical (unpaired) electrons. The monoisotopic (exact) mass is 343 g/mol. The van der Waals surface area contributed by atoms with E-state index in [-0.39, 0.29) is 18.6 Å². The number of rotatable bonds is 5. The number of hydrogen-bond donors (Lipinski definition) is 3. The van der Waals surface area contributed by atoms with Gasteiger partial charge in [-0.25, -0.2) is 19.5 Å². The molecule has 1 fully saturated rings. The first-order valence-corrected chi connectivity index (χ1v) is 8.55. The van der Waals surface area contributed by atoms with Gasteiger partial charge in [0.2, 0.25) is 0 Å². The van der Waals surface area contributed by atoms with Crippen LogP contribution in [0.25, 0.3) is 11.2 Å². The average molecular weight is 343 g/mol. The summed E-state index contributed by atoms with van der Waals surface area (Å²) in [4.78, 5) is 21.6. The number of nitrogen functional groups attached to an aromatic ring is 1. The lowest BCUT2D eigenvalue weighted by Crippen LogP contribution is -2.18. The Kier molecular flexibility index (Phi) is 4.35. The minimum atomic E-state index is -4.05. The summed E-state index contributed by atoms with van der Waals surface area (Å²) in [6, 6.07) is -0.0569. The topological polar surface area (TPSA) is 146 Å². The number of nitrogens with two attached hydrogens (primary N) is 1. The molecule has 10 nitrogen and oxygen atoms in total. The molecule has 126 valence electrons. The van der Waals surface area contributed by atoms with Crippen LogP contribution >= 0.6 is 7.82 Å². The standard InChI is InChI=1S/C12H18N5O5P/c1-21-23(19,20)22-4-7-2-8(3-9(7)18)17-6-16-10-11(13)14-5-15-12(10)17/h5-9,18H,2-4H2,1H3,(H,19,20)(H2,13,14,15)/t7-,8-,9+/m1/s1. The van der Waals surface area contributed by atoms with Gasteiger partial charge in [0.1, 0.15) is 11.8 Å². The molecular formula is C12H18N5O5P. The number of aromatic nitrogens is 4. The zero-order valence-corrected chi connectivity index (χ0v) is 13.3.